The average Bonchev–Trinajstić information content (AvgIpc) is 2.27. The lowest BCUT2D eigenvalue weighted by Gasteiger charge is -2.20. The monoisotopic (exact) mass is 192 g/mol. The van der Waals surface area contributed by atoms with Crippen molar-refractivity contribution in [3.63, 3.8) is 0 Å². The summed E-state index contributed by atoms with van der Waals surface area (Å²) in [5.41, 5.74) is 2.73. The van der Waals surface area contributed by atoms with E-state index in [9.17, 15) is 0 Å². The number of fused-ring (bicyclic) bond motifs is 1. The zero-order valence-corrected chi connectivity index (χ0v) is 7.28. The van der Waals surface area contributed by atoms with Crippen LogP contribution in [0.1, 0.15) is 5.56 Å². The van der Waals surface area contributed by atoms with Crippen molar-refractivity contribution in [3.05, 3.63) is 17.7 Å². The highest BCUT2D eigenvalue weighted by molar-refractivity contribution is 5.66. The average molecular weight is 192 g/mol. The summed E-state index contributed by atoms with van der Waals surface area (Å²) < 4.78 is 10.6. The predicted octanol–water partition coefficient (Wildman–Crippen LogP) is 1.13. The second-order valence-corrected chi connectivity index (χ2v) is 2.77. The van der Waals surface area contributed by atoms with Crippen molar-refractivity contribution in [3.8, 4) is 17.6 Å². The maximum absolute atomic E-state index is 8.82. The van der Waals surface area contributed by atoms with Crippen molar-refractivity contribution in [2.24, 2.45) is 0 Å². The first kappa shape index (κ1) is 8.66. The summed E-state index contributed by atoms with van der Waals surface area (Å²) in [6.07, 6.45) is 0. The van der Waals surface area contributed by atoms with Gasteiger partial charge in [-0.25, -0.2) is 0 Å². The molecule has 2 rings (SSSR count). The zero-order chi connectivity index (χ0) is 9.97. The van der Waals surface area contributed by atoms with Crippen LogP contribution in [0.3, 0.4) is 0 Å². The third-order valence-corrected chi connectivity index (χ3v) is 1.89. The van der Waals surface area contributed by atoms with E-state index in [1.54, 1.807) is 6.07 Å². The first-order valence-electron chi connectivity index (χ1n) is 4.09. The van der Waals surface area contributed by atoms with Crippen LogP contribution in [-0.4, -0.2) is 18.4 Å². The van der Waals surface area contributed by atoms with Crippen LogP contribution in [-0.2, 0) is 0 Å². The fraction of sp³-hybridized carbons (Fsp3) is 0.222. The molecule has 1 aliphatic heterocycles. The van der Waals surface area contributed by atoms with Gasteiger partial charge >= 0.3 is 0 Å². The normalized spacial score (nSPS) is 13.1. The van der Waals surface area contributed by atoms with Crippen LogP contribution in [0.4, 0.5) is 5.69 Å². The highest BCUT2D eigenvalue weighted by Crippen LogP contribution is 2.38. The van der Waals surface area contributed by atoms with Gasteiger partial charge in [0, 0.05) is 6.07 Å². The van der Waals surface area contributed by atoms with Gasteiger partial charge in [-0.2, -0.15) is 5.26 Å². The minimum atomic E-state index is 0.346. The number of hydrogen-bond donors (Lipinski definition) is 2. The second-order valence-electron chi connectivity index (χ2n) is 2.77. The predicted molar refractivity (Wildman–Crippen MR) is 47.6 cm³/mol. The van der Waals surface area contributed by atoms with Crippen LogP contribution < -0.4 is 15.0 Å². The fourth-order valence-electron chi connectivity index (χ4n) is 1.30. The minimum Gasteiger partial charge on any atom is -0.486 e. The number of nitrogens with one attached hydrogen (secondary N) is 1. The Labute approximate surface area is 80.4 Å². The third kappa shape index (κ3) is 1.32. The number of hydrogen-bond acceptors (Lipinski definition) is 5. The Hall–Kier alpha value is -1.93. The summed E-state index contributed by atoms with van der Waals surface area (Å²) >= 11 is 0. The molecule has 1 aromatic carbocycles. The maximum atomic E-state index is 8.82. The lowest BCUT2D eigenvalue weighted by Crippen LogP contribution is -2.16. The standard InChI is InChI=1S/C9H8N2O3/c10-5-6-3-7(11-12)9-8(4-6)13-1-2-14-9/h3-4,11-12H,1-2H2. The van der Waals surface area contributed by atoms with Crippen molar-refractivity contribution in [1.29, 1.82) is 5.26 Å². The number of nitrogens with zero attached hydrogens (tertiary/aromatic N) is 1. The molecular weight excluding hydrogens is 184 g/mol. The number of ether oxygens (including phenoxy) is 2. The van der Waals surface area contributed by atoms with E-state index in [0.29, 0.717) is 36.0 Å². The lowest BCUT2D eigenvalue weighted by atomic mass is 10.2. The molecule has 0 atom stereocenters. The molecule has 14 heavy (non-hydrogen) atoms. The smallest absolute Gasteiger partial charge is 0.186 e. The summed E-state index contributed by atoms with van der Waals surface area (Å²) in [5, 5.41) is 17.5. The number of anilines is 1. The zero-order valence-electron chi connectivity index (χ0n) is 7.28. The molecule has 0 fully saturated rings. The Balaban J connectivity index is 2.54. The molecule has 5 heteroatoms. The summed E-state index contributed by atoms with van der Waals surface area (Å²) in [4.78, 5) is 0. The van der Waals surface area contributed by atoms with E-state index < -0.39 is 0 Å². The summed E-state index contributed by atoms with van der Waals surface area (Å²) in [6, 6.07) is 5.04. The van der Waals surface area contributed by atoms with E-state index in [-0.39, 0.29) is 0 Å². The molecule has 0 unspecified atom stereocenters. The Kier molecular flexibility index (Phi) is 2.13. The molecule has 1 aliphatic rings. The molecule has 0 aromatic heterocycles. The summed E-state index contributed by atoms with van der Waals surface area (Å²) in [6.45, 7) is 0.889. The lowest BCUT2D eigenvalue weighted by molar-refractivity contribution is 0.171. The minimum absolute atomic E-state index is 0.346. The topological polar surface area (TPSA) is 74.5 Å². The molecule has 1 heterocycles. The molecule has 0 aliphatic carbocycles. The molecule has 0 bridgehead atoms. The highest BCUT2D eigenvalue weighted by Gasteiger charge is 2.17. The number of benzene rings is 1. The van der Waals surface area contributed by atoms with Gasteiger partial charge < -0.3 is 9.47 Å². The van der Waals surface area contributed by atoms with Crippen molar-refractivity contribution < 1.29 is 14.7 Å². The van der Waals surface area contributed by atoms with Gasteiger partial charge in [-0.3, -0.25) is 10.7 Å². The molecule has 2 N–H and O–H groups in total. The Morgan fingerprint density at radius 2 is 2.14 bits per heavy atom. The van der Waals surface area contributed by atoms with Gasteiger partial charge in [-0.1, -0.05) is 0 Å². The molecular formula is C9H8N2O3. The van der Waals surface area contributed by atoms with E-state index in [1.165, 1.54) is 6.07 Å². The van der Waals surface area contributed by atoms with E-state index in [2.05, 4.69) is 0 Å². The van der Waals surface area contributed by atoms with Crippen LogP contribution in [0.25, 0.3) is 0 Å². The van der Waals surface area contributed by atoms with Gasteiger partial charge in [0.1, 0.15) is 18.9 Å². The van der Waals surface area contributed by atoms with E-state index >= 15 is 0 Å². The Bertz CT molecular complexity index is 381. The SMILES string of the molecule is N#Cc1cc(NO)c2c(c1)OCCO2. The largest absolute Gasteiger partial charge is 0.486 e. The molecule has 0 saturated heterocycles. The summed E-state index contributed by atoms with van der Waals surface area (Å²) in [7, 11) is 0. The molecule has 5 nitrogen and oxygen atoms in total. The third-order valence-electron chi connectivity index (χ3n) is 1.89. The van der Waals surface area contributed by atoms with Crippen LogP contribution in [0.2, 0.25) is 0 Å². The molecule has 0 amide bonds. The van der Waals surface area contributed by atoms with Gasteiger partial charge in [0.05, 0.1) is 11.6 Å². The Morgan fingerprint density at radius 3 is 2.86 bits per heavy atom. The molecule has 0 radical (unpaired) electrons. The van der Waals surface area contributed by atoms with Crippen molar-refractivity contribution >= 4 is 5.69 Å². The number of nitriles is 1. The van der Waals surface area contributed by atoms with E-state index in [1.807, 2.05) is 11.5 Å². The maximum Gasteiger partial charge on any atom is 0.186 e. The van der Waals surface area contributed by atoms with Gasteiger partial charge in [0.25, 0.3) is 0 Å². The Morgan fingerprint density at radius 1 is 1.36 bits per heavy atom. The first-order valence-corrected chi connectivity index (χ1v) is 4.09. The second kappa shape index (κ2) is 3.44. The molecule has 0 spiro atoms. The van der Waals surface area contributed by atoms with Crippen LogP contribution >= 0.6 is 0 Å². The van der Waals surface area contributed by atoms with E-state index in [0.717, 1.165) is 0 Å². The molecule has 72 valence electrons. The fourth-order valence-corrected chi connectivity index (χ4v) is 1.30. The van der Waals surface area contributed by atoms with Gasteiger partial charge in [0.2, 0.25) is 0 Å². The van der Waals surface area contributed by atoms with Crippen molar-refractivity contribution in [2.45, 2.75) is 0 Å². The number of rotatable bonds is 1. The molecule has 0 saturated carbocycles. The highest BCUT2D eigenvalue weighted by atomic mass is 16.6. The van der Waals surface area contributed by atoms with Gasteiger partial charge in [-0.05, 0) is 6.07 Å². The van der Waals surface area contributed by atoms with Gasteiger partial charge in [0.15, 0.2) is 11.5 Å². The van der Waals surface area contributed by atoms with Crippen LogP contribution in [0, 0.1) is 11.3 Å². The quantitative estimate of drug-likeness (QED) is 0.652. The van der Waals surface area contributed by atoms with Crippen LogP contribution in [0.15, 0.2) is 12.1 Å². The van der Waals surface area contributed by atoms with Gasteiger partial charge in [-0.15, -0.1) is 0 Å². The van der Waals surface area contributed by atoms with E-state index in [4.69, 9.17) is 19.9 Å². The summed E-state index contributed by atoms with van der Waals surface area (Å²) in [5.74, 6) is 0.921. The molecule has 1 aromatic rings. The van der Waals surface area contributed by atoms with Crippen molar-refractivity contribution in [1.82, 2.24) is 0 Å². The first-order chi connectivity index (χ1) is 6.85. The van der Waals surface area contributed by atoms with Crippen LogP contribution in [0.5, 0.6) is 11.5 Å². The van der Waals surface area contributed by atoms with Crippen molar-refractivity contribution in [2.75, 3.05) is 18.7 Å².